The van der Waals surface area contributed by atoms with Crippen molar-refractivity contribution in [3.63, 3.8) is 0 Å². The molecule has 0 aliphatic heterocycles. The zero-order chi connectivity index (χ0) is 9.00. The summed E-state index contributed by atoms with van der Waals surface area (Å²) in [5.41, 5.74) is 0. The Balaban J connectivity index is -0.000000107. The van der Waals surface area contributed by atoms with E-state index in [0.29, 0.717) is 10.3 Å². The molecule has 0 N–H and O–H groups in total. The molecule has 2 unspecified atom stereocenters. The Morgan fingerprint density at radius 2 is 0.636 bits per heavy atom. The minimum absolute atomic E-state index is 0. The molecule has 0 aromatic heterocycles. The summed E-state index contributed by atoms with van der Waals surface area (Å²) in [6.07, 6.45) is 0. The Morgan fingerprint density at radius 1 is 0.636 bits per heavy atom. The van der Waals surface area contributed by atoms with E-state index >= 15 is 0 Å². The van der Waals surface area contributed by atoms with Crippen molar-refractivity contribution in [1.82, 2.24) is 0 Å². The van der Waals surface area contributed by atoms with Gasteiger partial charge in [0.2, 0.25) is 0 Å². The Morgan fingerprint density at radius 3 is 0.636 bits per heavy atom. The third-order valence-electron chi connectivity index (χ3n) is 0. The molecule has 0 saturated carbocycles. The molecule has 0 rings (SSSR count). The number of hydrogen-bond donors (Lipinski definition) is 0. The van der Waals surface area contributed by atoms with E-state index in [1.54, 1.807) is 0 Å². The smallest absolute Gasteiger partial charge is 0 e. The maximum Gasteiger partial charge on any atom is 0 e. The predicted molar refractivity (Wildman–Crippen MR) is 58.9 cm³/mol. The van der Waals surface area contributed by atoms with E-state index in [0.717, 1.165) is 0 Å². The van der Waals surface area contributed by atoms with Crippen LogP contribution in [0.25, 0.3) is 0 Å². The molecule has 0 aliphatic carbocycles. The van der Waals surface area contributed by atoms with Crippen molar-refractivity contribution in [1.29, 1.82) is 0 Å². The molecule has 2 atom stereocenters. The van der Waals surface area contributed by atoms with Crippen molar-refractivity contribution >= 4 is 18.5 Å². The second-order valence-electron chi connectivity index (χ2n) is 4.73. The van der Waals surface area contributed by atoms with E-state index in [1.807, 2.05) is 0 Å². The summed E-state index contributed by atoms with van der Waals surface area (Å²) in [7, 11) is 5.43. The van der Waals surface area contributed by atoms with Gasteiger partial charge >= 0.3 is 0 Å². The van der Waals surface area contributed by atoms with Crippen LogP contribution in [0.1, 0.15) is 41.5 Å². The summed E-state index contributed by atoms with van der Waals surface area (Å²) in [4.78, 5) is 0. The fourth-order valence-electron chi connectivity index (χ4n) is 0. The Kier molecular flexibility index (Phi) is 11.7. The van der Waals surface area contributed by atoms with E-state index < -0.39 is 0 Å². The molecule has 0 bridgehead atoms. The summed E-state index contributed by atoms with van der Waals surface area (Å²) in [5, 5.41) is 0.833. The monoisotopic (exact) mass is 375 g/mol. The first-order chi connectivity index (χ1) is 4.00. The van der Waals surface area contributed by atoms with E-state index in [4.69, 9.17) is 0 Å². The van der Waals surface area contributed by atoms with Crippen molar-refractivity contribution in [2.75, 3.05) is 0 Å². The maximum absolute atomic E-state index is 2.72. The van der Waals surface area contributed by atoms with Crippen LogP contribution in [-0.4, -0.2) is 10.3 Å². The molecule has 0 spiro atoms. The topological polar surface area (TPSA) is 0 Å². The minimum Gasteiger partial charge on any atom is -0.132 e. The molecule has 0 aromatic rings. The van der Waals surface area contributed by atoms with Gasteiger partial charge in [-0.2, -0.15) is 0 Å². The van der Waals surface area contributed by atoms with Crippen molar-refractivity contribution < 1.29 is 21.1 Å². The minimum atomic E-state index is 0. The Hall–Kier alpha value is 1.55. The Bertz CT molecular complexity index is 55.1. The maximum atomic E-state index is 2.72. The van der Waals surface area contributed by atoms with Gasteiger partial charge < -0.3 is 0 Å². The van der Waals surface area contributed by atoms with Crippen LogP contribution < -0.4 is 0 Å². The van der Waals surface area contributed by atoms with Crippen LogP contribution in [0.2, 0.25) is 0 Å². The van der Waals surface area contributed by atoms with Gasteiger partial charge in [-0.05, 0) is 10.3 Å². The standard InChI is InChI=1S/2C4H11P.Pt/c2*1-4(2,3)5;/h2*5H2,1-3H3;. The quantitative estimate of drug-likeness (QED) is 0.570. The van der Waals surface area contributed by atoms with E-state index in [2.05, 4.69) is 60.0 Å². The first kappa shape index (κ1) is 18.4. The third-order valence-corrected chi connectivity index (χ3v) is 0. The van der Waals surface area contributed by atoms with Gasteiger partial charge in [-0.25, -0.2) is 0 Å². The summed E-state index contributed by atoms with van der Waals surface area (Å²) < 4.78 is 0. The van der Waals surface area contributed by atoms with Gasteiger partial charge in [-0.1, -0.05) is 41.5 Å². The summed E-state index contributed by atoms with van der Waals surface area (Å²) in [5.74, 6) is 0. The molecular formula is C8H22P2Pt. The SMILES string of the molecule is CC(C)(C)P.CC(C)(C)P.[Pt]. The summed E-state index contributed by atoms with van der Waals surface area (Å²) >= 11 is 0. The van der Waals surface area contributed by atoms with Crippen LogP contribution in [0.3, 0.4) is 0 Å². The van der Waals surface area contributed by atoms with Gasteiger partial charge in [0.1, 0.15) is 0 Å². The van der Waals surface area contributed by atoms with Crippen LogP contribution in [-0.2, 0) is 21.1 Å². The van der Waals surface area contributed by atoms with Crippen LogP contribution in [0.15, 0.2) is 0 Å². The van der Waals surface area contributed by atoms with Crippen LogP contribution in [0.4, 0.5) is 0 Å². The molecule has 11 heavy (non-hydrogen) atoms. The van der Waals surface area contributed by atoms with Crippen LogP contribution >= 0.6 is 18.5 Å². The van der Waals surface area contributed by atoms with Gasteiger partial charge in [0.15, 0.2) is 0 Å². The molecule has 0 saturated heterocycles. The zero-order valence-corrected chi connectivity index (χ0v) is 13.1. The first-order valence-electron chi connectivity index (χ1n) is 3.58. The van der Waals surface area contributed by atoms with Gasteiger partial charge in [0.05, 0.1) is 0 Å². The predicted octanol–water partition coefficient (Wildman–Crippen LogP) is 3.32. The molecule has 0 fully saturated rings. The number of hydrogen-bond acceptors (Lipinski definition) is 0. The van der Waals surface area contributed by atoms with Gasteiger partial charge in [0, 0.05) is 21.1 Å². The Labute approximate surface area is 91.3 Å². The van der Waals surface area contributed by atoms with Crippen molar-refractivity contribution in [2.45, 2.75) is 51.9 Å². The van der Waals surface area contributed by atoms with Gasteiger partial charge in [-0.15, -0.1) is 18.5 Å². The fourth-order valence-corrected chi connectivity index (χ4v) is 0. The second-order valence-corrected chi connectivity index (χ2v) is 8.20. The molecule has 0 amide bonds. The largest absolute Gasteiger partial charge is 0.132 e. The average molecular weight is 375 g/mol. The molecular weight excluding hydrogens is 353 g/mol. The second kappa shape index (κ2) is 7.00. The van der Waals surface area contributed by atoms with Gasteiger partial charge in [-0.3, -0.25) is 0 Å². The van der Waals surface area contributed by atoms with E-state index in [1.165, 1.54) is 0 Å². The zero-order valence-electron chi connectivity index (χ0n) is 8.47. The third kappa shape index (κ3) is 439. The van der Waals surface area contributed by atoms with E-state index in [-0.39, 0.29) is 21.1 Å². The van der Waals surface area contributed by atoms with Crippen LogP contribution in [0, 0.1) is 0 Å². The van der Waals surface area contributed by atoms with Crippen LogP contribution in [0.5, 0.6) is 0 Å². The van der Waals surface area contributed by atoms with Crippen molar-refractivity contribution in [2.24, 2.45) is 0 Å². The van der Waals surface area contributed by atoms with Gasteiger partial charge in [0.25, 0.3) is 0 Å². The normalized spacial score (nSPS) is 10.9. The first-order valence-corrected chi connectivity index (χ1v) is 4.73. The average Bonchev–Trinajstić information content (AvgIpc) is 1.12. The molecule has 0 radical (unpaired) electrons. The van der Waals surface area contributed by atoms with Crippen molar-refractivity contribution in [3.8, 4) is 0 Å². The van der Waals surface area contributed by atoms with Crippen molar-refractivity contribution in [3.05, 3.63) is 0 Å². The molecule has 0 aromatic carbocycles. The molecule has 0 aliphatic rings. The van der Waals surface area contributed by atoms with E-state index in [9.17, 15) is 0 Å². The number of rotatable bonds is 0. The molecule has 3 heteroatoms. The summed E-state index contributed by atoms with van der Waals surface area (Å²) in [6.45, 7) is 12.9. The molecule has 0 nitrogen and oxygen atoms in total. The molecule has 74 valence electrons. The molecule has 0 heterocycles. The summed E-state index contributed by atoms with van der Waals surface area (Å²) in [6, 6.07) is 0. The fraction of sp³-hybridized carbons (Fsp3) is 1.00.